The predicted molar refractivity (Wildman–Crippen MR) is 74.7 cm³/mol. The van der Waals surface area contributed by atoms with Crippen molar-refractivity contribution in [1.29, 1.82) is 0 Å². The maximum atomic E-state index is 4.62. The van der Waals surface area contributed by atoms with Crippen LogP contribution in [-0.2, 0) is 12.0 Å². The van der Waals surface area contributed by atoms with E-state index in [9.17, 15) is 0 Å². The average molecular weight is 262 g/mol. The molecular weight excluding hydrogens is 240 g/mol. The molecule has 4 fully saturated rings. The molecule has 0 unspecified atom stereocenters. The molecule has 1 aromatic rings. The van der Waals surface area contributed by atoms with Crippen molar-refractivity contribution < 1.29 is 0 Å². The molecule has 1 N–H and O–H groups in total. The van der Waals surface area contributed by atoms with E-state index in [1.807, 2.05) is 18.4 Å². The fourth-order valence-electron chi connectivity index (χ4n) is 5.20. The fraction of sp³-hybridized carbons (Fsp3) is 0.800. The minimum absolute atomic E-state index is 0.540. The number of aromatic nitrogens is 1. The van der Waals surface area contributed by atoms with E-state index < -0.39 is 0 Å². The molecule has 0 spiro atoms. The molecule has 4 aliphatic carbocycles. The normalized spacial score (nSPS) is 41.5. The van der Waals surface area contributed by atoms with Crippen LogP contribution in [0.15, 0.2) is 6.20 Å². The Labute approximate surface area is 113 Å². The number of rotatable bonds is 3. The van der Waals surface area contributed by atoms with Crippen LogP contribution in [0.3, 0.4) is 0 Å². The number of hydrogen-bond acceptors (Lipinski definition) is 3. The molecule has 0 aliphatic heterocycles. The highest BCUT2D eigenvalue weighted by molar-refractivity contribution is 7.11. The van der Waals surface area contributed by atoms with Crippen LogP contribution in [0.1, 0.15) is 48.4 Å². The minimum Gasteiger partial charge on any atom is -0.314 e. The second kappa shape index (κ2) is 4.04. The lowest BCUT2D eigenvalue weighted by molar-refractivity contribution is -0.00355. The lowest BCUT2D eigenvalue weighted by Crippen LogP contribution is -2.48. The third kappa shape index (κ3) is 1.67. The van der Waals surface area contributed by atoms with Gasteiger partial charge in [0.25, 0.3) is 0 Å². The molecule has 98 valence electrons. The highest BCUT2D eigenvalue weighted by Crippen LogP contribution is 2.61. The number of thiazole rings is 1. The Kier molecular flexibility index (Phi) is 2.56. The van der Waals surface area contributed by atoms with E-state index in [2.05, 4.69) is 16.5 Å². The van der Waals surface area contributed by atoms with E-state index in [0.29, 0.717) is 5.41 Å². The molecule has 1 heterocycles. The summed E-state index contributed by atoms with van der Waals surface area (Å²) in [6, 6.07) is 0. The molecule has 4 saturated carbocycles. The maximum absolute atomic E-state index is 4.62. The van der Waals surface area contributed by atoms with Crippen molar-refractivity contribution in [2.45, 2.75) is 50.5 Å². The molecule has 4 bridgehead atoms. The average Bonchev–Trinajstić information content (AvgIpc) is 2.77. The van der Waals surface area contributed by atoms with Crippen LogP contribution in [0.2, 0.25) is 0 Å². The van der Waals surface area contributed by atoms with Crippen LogP contribution in [0.4, 0.5) is 0 Å². The van der Waals surface area contributed by atoms with Crippen LogP contribution in [-0.4, -0.2) is 12.0 Å². The van der Waals surface area contributed by atoms with E-state index in [4.69, 9.17) is 0 Å². The van der Waals surface area contributed by atoms with Crippen LogP contribution in [0.5, 0.6) is 0 Å². The van der Waals surface area contributed by atoms with Gasteiger partial charge in [0, 0.05) is 23.0 Å². The highest BCUT2D eigenvalue weighted by Gasteiger charge is 2.52. The summed E-state index contributed by atoms with van der Waals surface area (Å²) in [6.07, 6.45) is 11.2. The summed E-state index contributed by atoms with van der Waals surface area (Å²) in [7, 11) is 2.01. The zero-order valence-corrected chi connectivity index (χ0v) is 11.9. The van der Waals surface area contributed by atoms with Crippen molar-refractivity contribution in [2.75, 3.05) is 7.05 Å². The molecule has 4 aliphatic rings. The summed E-state index contributed by atoms with van der Waals surface area (Å²) in [4.78, 5) is 6.22. The molecular formula is C15H22N2S. The third-order valence-corrected chi connectivity index (χ3v) is 6.69. The molecule has 0 atom stereocenters. The Balaban J connectivity index is 1.66. The van der Waals surface area contributed by atoms with E-state index in [0.717, 1.165) is 24.3 Å². The fourth-order valence-corrected chi connectivity index (χ4v) is 6.35. The smallest absolute Gasteiger partial charge is 0.107 e. The summed E-state index contributed by atoms with van der Waals surface area (Å²) < 4.78 is 0. The lowest BCUT2D eigenvalue weighted by Gasteiger charge is -2.56. The van der Waals surface area contributed by atoms with Crippen molar-refractivity contribution in [2.24, 2.45) is 17.8 Å². The number of nitrogens with zero attached hydrogens (tertiary/aromatic N) is 1. The summed E-state index contributed by atoms with van der Waals surface area (Å²) >= 11 is 1.97. The van der Waals surface area contributed by atoms with Crippen LogP contribution >= 0.6 is 11.3 Å². The lowest BCUT2D eigenvalue weighted by atomic mass is 9.49. The molecule has 0 amide bonds. The Hall–Kier alpha value is -0.410. The van der Waals surface area contributed by atoms with Gasteiger partial charge in [0.1, 0.15) is 5.01 Å². The zero-order chi connectivity index (χ0) is 12.2. The van der Waals surface area contributed by atoms with Gasteiger partial charge in [-0.3, -0.25) is 0 Å². The van der Waals surface area contributed by atoms with Crippen LogP contribution in [0, 0.1) is 17.8 Å². The second-order valence-corrected chi connectivity index (χ2v) is 7.96. The maximum Gasteiger partial charge on any atom is 0.107 e. The van der Waals surface area contributed by atoms with Crippen molar-refractivity contribution in [3.05, 3.63) is 16.1 Å². The summed E-state index contributed by atoms with van der Waals surface area (Å²) in [5, 5.41) is 4.49. The van der Waals surface area contributed by atoms with E-state index >= 15 is 0 Å². The van der Waals surface area contributed by atoms with Gasteiger partial charge in [-0.1, -0.05) is 0 Å². The Morgan fingerprint density at radius 1 is 1.22 bits per heavy atom. The summed E-state index contributed by atoms with van der Waals surface area (Å²) in [5.74, 6) is 3.10. The Morgan fingerprint density at radius 2 is 1.83 bits per heavy atom. The van der Waals surface area contributed by atoms with Crippen molar-refractivity contribution in [1.82, 2.24) is 10.3 Å². The van der Waals surface area contributed by atoms with Gasteiger partial charge in [0.15, 0.2) is 0 Å². The summed E-state index contributed by atoms with van der Waals surface area (Å²) in [5.41, 5.74) is 0.540. The third-order valence-electron chi connectivity index (χ3n) is 5.44. The SMILES string of the molecule is CNCc1ncc(C23CC4CC(CC(C4)C2)C3)s1. The standard InChI is InChI=1S/C15H22N2S/c1-16-9-14-17-8-13(18-14)15-5-10-2-11(6-15)4-12(3-10)7-15/h8,10-12,16H,2-7,9H2,1H3. The second-order valence-electron chi connectivity index (χ2n) is 6.85. The van der Waals surface area contributed by atoms with E-state index in [-0.39, 0.29) is 0 Å². The van der Waals surface area contributed by atoms with Gasteiger partial charge in [0.05, 0.1) is 0 Å². The minimum atomic E-state index is 0.540. The highest BCUT2D eigenvalue weighted by atomic mass is 32.1. The molecule has 0 radical (unpaired) electrons. The molecule has 2 nitrogen and oxygen atoms in total. The van der Waals surface area contributed by atoms with Crippen molar-refractivity contribution >= 4 is 11.3 Å². The van der Waals surface area contributed by atoms with Gasteiger partial charge in [-0.2, -0.15) is 0 Å². The molecule has 18 heavy (non-hydrogen) atoms. The van der Waals surface area contributed by atoms with Gasteiger partial charge in [-0.15, -0.1) is 11.3 Å². The quantitative estimate of drug-likeness (QED) is 0.904. The topological polar surface area (TPSA) is 24.9 Å². The molecule has 0 aromatic carbocycles. The molecule has 5 rings (SSSR count). The first kappa shape index (κ1) is 11.4. The van der Waals surface area contributed by atoms with Gasteiger partial charge in [-0.05, 0) is 63.3 Å². The summed E-state index contributed by atoms with van der Waals surface area (Å²) in [6.45, 7) is 0.928. The van der Waals surface area contributed by atoms with Crippen LogP contribution < -0.4 is 5.32 Å². The first-order valence-electron chi connectivity index (χ1n) is 7.37. The first-order valence-corrected chi connectivity index (χ1v) is 8.19. The Bertz CT molecular complexity index is 416. The van der Waals surface area contributed by atoms with Gasteiger partial charge >= 0.3 is 0 Å². The molecule has 3 heteroatoms. The largest absolute Gasteiger partial charge is 0.314 e. The number of nitrogens with one attached hydrogen (secondary N) is 1. The van der Waals surface area contributed by atoms with Crippen molar-refractivity contribution in [3.8, 4) is 0 Å². The predicted octanol–water partition coefficient (Wildman–Crippen LogP) is 3.33. The monoisotopic (exact) mass is 262 g/mol. The zero-order valence-electron chi connectivity index (χ0n) is 11.1. The van der Waals surface area contributed by atoms with Crippen molar-refractivity contribution in [3.63, 3.8) is 0 Å². The van der Waals surface area contributed by atoms with E-state index in [1.165, 1.54) is 43.5 Å². The van der Waals surface area contributed by atoms with Crippen LogP contribution in [0.25, 0.3) is 0 Å². The first-order chi connectivity index (χ1) is 8.77. The Morgan fingerprint density at radius 3 is 2.39 bits per heavy atom. The molecule has 1 aromatic heterocycles. The van der Waals surface area contributed by atoms with E-state index in [1.54, 1.807) is 4.88 Å². The molecule has 0 saturated heterocycles. The van der Waals surface area contributed by atoms with Gasteiger partial charge < -0.3 is 5.32 Å². The number of hydrogen-bond donors (Lipinski definition) is 1. The van der Waals surface area contributed by atoms with Gasteiger partial charge in [-0.25, -0.2) is 4.98 Å². The van der Waals surface area contributed by atoms with Gasteiger partial charge in [0.2, 0.25) is 0 Å².